The number of amides is 1. The van der Waals surface area contributed by atoms with E-state index in [9.17, 15) is 13.2 Å². The van der Waals surface area contributed by atoms with Gasteiger partial charge in [0, 0.05) is 10.7 Å². The Kier molecular flexibility index (Phi) is 5.91. The molecular formula is C13H18BrN3O3S. The lowest BCUT2D eigenvalue weighted by Gasteiger charge is -2.11. The average molecular weight is 376 g/mol. The minimum atomic E-state index is -3.45. The van der Waals surface area contributed by atoms with Crippen LogP contribution in [0.4, 0.5) is 0 Å². The third kappa shape index (κ3) is 4.82. The number of guanidine groups is 1. The van der Waals surface area contributed by atoms with Gasteiger partial charge in [-0.15, -0.1) is 0 Å². The molecule has 0 saturated carbocycles. The quantitative estimate of drug-likeness (QED) is 0.598. The minimum absolute atomic E-state index is 0.115. The van der Waals surface area contributed by atoms with Crippen LogP contribution in [0, 0.1) is 0 Å². The molecule has 6 nitrogen and oxygen atoms in total. The molecule has 1 aromatic rings. The lowest BCUT2D eigenvalue weighted by molar-refractivity contribution is 0.100. The Balaban J connectivity index is 3.45. The van der Waals surface area contributed by atoms with Gasteiger partial charge in [-0.3, -0.25) is 4.79 Å². The van der Waals surface area contributed by atoms with Crippen LogP contribution in [0.2, 0.25) is 0 Å². The van der Waals surface area contributed by atoms with E-state index in [2.05, 4.69) is 20.9 Å². The third-order valence-electron chi connectivity index (χ3n) is 2.81. The van der Waals surface area contributed by atoms with Crippen molar-refractivity contribution in [2.45, 2.75) is 31.1 Å². The highest BCUT2D eigenvalue weighted by molar-refractivity contribution is 9.10. The molecule has 1 aromatic carbocycles. The molecule has 0 atom stereocenters. The van der Waals surface area contributed by atoms with Crippen molar-refractivity contribution in [3.05, 3.63) is 27.7 Å². The molecule has 4 N–H and O–H groups in total. The number of nitrogens with zero attached hydrogens (tertiary/aromatic N) is 1. The summed E-state index contributed by atoms with van der Waals surface area (Å²) in [6.45, 7) is 2.02. The summed E-state index contributed by atoms with van der Waals surface area (Å²) in [5.41, 5.74) is 11.1. The molecule has 0 unspecified atom stereocenters. The second kappa shape index (κ2) is 7.04. The second-order valence-corrected chi connectivity index (χ2v) is 7.50. The molecule has 0 bridgehead atoms. The van der Waals surface area contributed by atoms with Gasteiger partial charge in [-0.2, -0.15) is 4.99 Å². The van der Waals surface area contributed by atoms with Crippen molar-refractivity contribution < 1.29 is 13.2 Å². The Morgan fingerprint density at radius 3 is 2.43 bits per heavy atom. The van der Waals surface area contributed by atoms with Crippen LogP contribution in [0.15, 0.2) is 26.5 Å². The van der Waals surface area contributed by atoms with Crippen LogP contribution in [-0.2, 0) is 16.3 Å². The normalized spacial score (nSPS) is 11.2. The largest absolute Gasteiger partial charge is 0.370 e. The SMILES string of the molecule is CCCCc1cc(Br)c(C(=O)N=C(N)N)cc1S(C)(=O)=O. The fourth-order valence-electron chi connectivity index (χ4n) is 1.84. The topological polar surface area (TPSA) is 116 Å². The summed E-state index contributed by atoms with van der Waals surface area (Å²) < 4.78 is 24.3. The first-order valence-corrected chi connectivity index (χ1v) is 9.01. The predicted molar refractivity (Wildman–Crippen MR) is 86.0 cm³/mol. The number of benzene rings is 1. The van der Waals surface area contributed by atoms with E-state index in [1.165, 1.54) is 6.07 Å². The van der Waals surface area contributed by atoms with Crippen LogP contribution in [0.5, 0.6) is 0 Å². The van der Waals surface area contributed by atoms with Gasteiger partial charge in [-0.05, 0) is 46.5 Å². The molecular weight excluding hydrogens is 358 g/mol. The molecule has 0 fully saturated rings. The van der Waals surface area contributed by atoms with Crippen molar-refractivity contribution >= 4 is 37.6 Å². The van der Waals surface area contributed by atoms with Crippen molar-refractivity contribution in [1.29, 1.82) is 0 Å². The van der Waals surface area contributed by atoms with Crippen LogP contribution < -0.4 is 11.5 Å². The minimum Gasteiger partial charge on any atom is -0.370 e. The van der Waals surface area contributed by atoms with Crippen LogP contribution in [-0.4, -0.2) is 26.5 Å². The van der Waals surface area contributed by atoms with Gasteiger partial charge in [0.05, 0.1) is 10.5 Å². The standard InChI is InChI=1S/C13H18BrN3O3S/c1-3-4-5-8-6-10(14)9(12(18)17-13(15)16)7-11(8)21(2,19)20/h6-7H,3-5H2,1-2H3,(H4,15,16,17,18). The van der Waals surface area contributed by atoms with Gasteiger partial charge in [0.2, 0.25) is 0 Å². The molecule has 0 aliphatic carbocycles. The molecule has 21 heavy (non-hydrogen) atoms. The highest BCUT2D eigenvalue weighted by Crippen LogP contribution is 2.27. The number of carbonyl (C=O) groups is 1. The monoisotopic (exact) mass is 375 g/mol. The highest BCUT2D eigenvalue weighted by atomic mass is 79.9. The molecule has 1 rings (SSSR count). The number of hydrogen-bond acceptors (Lipinski definition) is 3. The number of aryl methyl sites for hydroxylation is 1. The van der Waals surface area contributed by atoms with Gasteiger partial charge >= 0.3 is 0 Å². The zero-order valence-corrected chi connectivity index (χ0v) is 14.3. The molecule has 0 spiro atoms. The Bertz CT molecular complexity index is 680. The van der Waals surface area contributed by atoms with Gasteiger partial charge in [0.1, 0.15) is 0 Å². The van der Waals surface area contributed by atoms with Crippen molar-refractivity contribution in [3.8, 4) is 0 Å². The summed E-state index contributed by atoms with van der Waals surface area (Å²) in [5, 5.41) is 0. The van der Waals surface area contributed by atoms with E-state index in [0.717, 1.165) is 19.1 Å². The third-order valence-corrected chi connectivity index (χ3v) is 4.65. The predicted octanol–water partition coefficient (Wildman–Crippen LogP) is 1.61. The van der Waals surface area contributed by atoms with Gasteiger partial charge in [0.25, 0.3) is 5.91 Å². The Hall–Kier alpha value is -1.41. The maximum absolute atomic E-state index is 11.9. The van der Waals surface area contributed by atoms with E-state index in [1.54, 1.807) is 6.07 Å². The summed E-state index contributed by atoms with van der Waals surface area (Å²) in [5.74, 6) is -1.06. The maximum Gasteiger partial charge on any atom is 0.281 e. The van der Waals surface area contributed by atoms with Crippen LogP contribution in [0.1, 0.15) is 35.7 Å². The molecule has 8 heteroatoms. The van der Waals surface area contributed by atoms with Gasteiger partial charge in [-0.25, -0.2) is 8.42 Å². The lowest BCUT2D eigenvalue weighted by Crippen LogP contribution is -2.24. The van der Waals surface area contributed by atoms with Crippen LogP contribution in [0.3, 0.4) is 0 Å². The average Bonchev–Trinajstić information content (AvgIpc) is 2.33. The zero-order chi connectivity index (χ0) is 16.2. The number of unbranched alkanes of at least 4 members (excludes halogenated alkanes) is 1. The van der Waals surface area contributed by atoms with Crippen molar-refractivity contribution in [2.24, 2.45) is 16.5 Å². The van der Waals surface area contributed by atoms with E-state index in [1.807, 2.05) is 6.92 Å². The van der Waals surface area contributed by atoms with Crippen LogP contribution in [0.25, 0.3) is 0 Å². The highest BCUT2D eigenvalue weighted by Gasteiger charge is 2.19. The maximum atomic E-state index is 11.9. The second-order valence-electron chi connectivity index (χ2n) is 4.66. The number of aliphatic imine (C=N–C) groups is 1. The van der Waals surface area contributed by atoms with Crippen LogP contribution >= 0.6 is 15.9 Å². The summed E-state index contributed by atoms with van der Waals surface area (Å²) in [4.78, 5) is 15.5. The molecule has 0 aliphatic rings. The summed E-state index contributed by atoms with van der Waals surface area (Å²) in [6, 6.07) is 2.96. The molecule has 116 valence electrons. The molecule has 0 aromatic heterocycles. The summed E-state index contributed by atoms with van der Waals surface area (Å²) >= 11 is 3.26. The molecule has 0 radical (unpaired) electrons. The first kappa shape index (κ1) is 17.6. The van der Waals surface area contributed by atoms with E-state index in [0.29, 0.717) is 16.5 Å². The number of sulfone groups is 1. The fourth-order valence-corrected chi connectivity index (χ4v) is 3.37. The van der Waals surface area contributed by atoms with Crippen molar-refractivity contribution in [1.82, 2.24) is 0 Å². The summed E-state index contributed by atoms with van der Waals surface area (Å²) in [7, 11) is -3.45. The Morgan fingerprint density at radius 1 is 1.33 bits per heavy atom. The first-order valence-electron chi connectivity index (χ1n) is 6.33. The van der Waals surface area contributed by atoms with Gasteiger partial charge < -0.3 is 11.5 Å². The number of nitrogens with two attached hydrogens (primary N) is 2. The summed E-state index contributed by atoms with van der Waals surface area (Å²) in [6.07, 6.45) is 3.53. The van der Waals surface area contributed by atoms with Crippen molar-refractivity contribution in [2.75, 3.05) is 6.26 Å². The fraction of sp³-hybridized carbons (Fsp3) is 0.385. The van der Waals surface area contributed by atoms with Gasteiger partial charge in [0.15, 0.2) is 15.8 Å². The van der Waals surface area contributed by atoms with E-state index in [4.69, 9.17) is 11.5 Å². The lowest BCUT2D eigenvalue weighted by atomic mass is 10.1. The van der Waals surface area contributed by atoms with Gasteiger partial charge in [-0.1, -0.05) is 13.3 Å². The molecule has 1 amide bonds. The number of halogens is 1. The van der Waals surface area contributed by atoms with E-state index < -0.39 is 15.7 Å². The first-order chi connectivity index (χ1) is 9.66. The smallest absolute Gasteiger partial charge is 0.281 e. The van der Waals surface area contributed by atoms with E-state index in [-0.39, 0.29) is 16.4 Å². The zero-order valence-electron chi connectivity index (χ0n) is 11.9. The Morgan fingerprint density at radius 2 is 1.95 bits per heavy atom. The van der Waals surface area contributed by atoms with E-state index >= 15 is 0 Å². The molecule has 0 heterocycles. The Labute approximate surface area is 132 Å². The molecule has 0 aliphatic heterocycles. The van der Waals surface area contributed by atoms with Crippen molar-refractivity contribution in [3.63, 3.8) is 0 Å². The molecule has 0 saturated heterocycles. The number of rotatable bonds is 5. The number of hydrogen-bond donors (Lipinski definition) is 2. The number of carbonyl (C=O) groups excluding carboxylic acids is 1.